The van der Waals surface area contributed by atoms with E-state index in [1.54, 1.807) is 11.3 Å². The molecule has 0 amide bonds. The smallest absolute Gasteiger partial charge is 0.101 e. The van der Waals surface area contributed by atoms with Crippen molar-refractivity contribution >= 4 is 63.0 Å². The highest BCUT2D eigenvalue weighted by molar-refractivity contribution is 7.27. The van der Waals surface area contributed by atoms with Crippen molar-refractivity contribution in [3.63, 3.8) is 0 Å². The van der Waals surface area contributed by atoms with Crippen LogP contribution in [0.1, 0.15) is 11.1 Å². The number of rotatable bonds is 3. The fourth-order valence-electron chi connectivity index (χ4n) is 6.04. The van der Waals surface area contributed by atoms with Gasteiger partial charge >= 0.3 is 0 Å². The summed E-state index contributed by atoms with van der Waals surface area (Å²) in [5, 5.41) is 24.6. The lowest BCUT2D eigenvalue weighted by Crippen LogP contribution is -1.89. The number of nitriles is 2. The Morgan fingerprint density at radius 1 is 0.405 bits per heavy atom. The van der Waals surface area contributed by atoms with E-state index < -0.39 is 0 Å². The quantitative estimate of drug-likeness (QED) is 0.213. The highest BCUT2D eigenvalue weighted by atomic mass is 32.1. The summed E-state index contributed by atoms with van der Waals surface area (Å²) >= 11 is 3.50. The van der Waals surface area contributed by atoms with Crippen molar-refractivity contribution < 1.29 is 0 Å². The third-order valence-electron chi connectivity index (χ3n) is 7.96. The molecule has 0 aliphatic heterocycles. The third-order valence-corrected chi connectivity index (χ3v) is 10.5. The van der Waals surface area contributed by atoms with Crippen molar-refractivity contribution in [1.82, 2.24) is 0 Å². The molecule has 0 spiro atoms. The summed E-state index contributed by atoms with van der Waals surface area (Å²) in [7, 11) is 0. The van der Waals surface area contributed by atoms with Crippen LogP contribution < -0.4 is 0 Å². The van der Waals surface area contributed by atoms with Crippen molar-refractivity contribution in [3.05, 3.63) is 132 Å². The highest BCUT2D eigenvalue weighted by Gasteiger charge is 2.17. The average Bonchev–Trinajstić information content (AvgIpc) is 3.63. The number of fused-ring (bicyclic) bond motifs is 6. The molecule has 42 heavy (non-hydrogen) atoms. The number of benzene rings is 6. The fraction of sp³-hybridized carbons (Fsp3) is 0. The zero-order chi connectivity index (χ0) is 28.2. The van der Waals surface area contributed by atoms with Crippen LogP contribution in [0.3, 0.4) is 0 Å². The lowest BCUT2D eigenvalue weighted by molar-refractivity contribution is 1.48. The number of thiophene rings is 2. The predicted octanol–water partition coefficient (Wildman–Crippen LogP) is 11.2. The van der Waals surface area contributed by atoms with Gasteiger partial charge in [-0.3, -0.25) is 0 Å². The normalized spacial score (nSPS) is 11.3. The Kier molecular flexibility index (Phi) is 5.66. The standard InChI is InChI=1S/C38H20N2S2/c39-21-23-8-1-2-10-28(23)25-18-26(29-12-6-15-32-31-11-3-4-17-35(31)41-37(29)32)20-27(19-25)30-13-7-16-34-33-14-5-9-24(22-40)36(33)42-38(30)34/h1-20H. The Bertz CT molecular complexity index is 2450. The Labute approximate surface area is 250 Å². The maximum absolute atomic E-state index is 9.97. The molecule has 8 rings (SSSR count). The van der Waals surface area contributed by atoms with Crippen LogP contribution >= 0.6 is 22.7 Å². The van der Waals surface area contributed by atoms with E-state index >= 15 is 0 Å². The minimum Gasteiger partial charge on any atom is -0.192 e. The Hall–Kier alpha value is -5.26. The molecule has 194 valence electrons. The molecule has 0 saturated heterocycles. The summed E-state index contributed by atoms with van der Waals surface area (Å²) in [5.74, 6) is 0. The van der Waals surface area contributed by atoms with Crippen molar-refractivity contribution in [2.24, 2.45) is 0 Å². The number of nitrogens with zero attached hydrogens (tertiary/aromatic N) is 2. The van der Waals surface area contributed by atoms with Crippen LogP contribution in [0, 0.1) is 22.7 Å². The second-order valence-corrected chi connectivity index (χ2v) is 12.4. The first kappa shape index (κ1) is 24.5. The first-order valence-corrected chi connectivity index (χ1v) is 15.3. The minimum atomic E-state index is 0.652. The second-order valence-electron chi connectivity index (χ2n) is 10.3. The summed E-state index contributed by atoms with van der Waals surface area (Å²) in [4.78, 5) is 0. The van der Waals surface area contributed by atoms with E-state index in [4.69, 9.17) is 0 Å². The van der Waals surface area contributed by atoms with Crippen LogP contribution in [-0.2, 0) is 0 Å². The first-order chi connectivity index (χ1) is 20.7. The minimum absolute atomic E-state index is 0.652. The molecule has 0 N–H and O–H groups in total. The van der Waals surface area contributed by atoms with Gasteiger partial charge in [0.15, 0.2) is 0 Å². The Morgan fingerprint density at radius 2 is 0.881 bits per heavy atom. The van der Waals surface area contributed by atoms with E-state index in [0.717, 1.165) is 48.0 Å². The summed E-state index contributed by atoms with van der Waals surface area (Å²) in [6.45, 7) is 0. The van der Waals surface area contributed by atoms with E-state index in [1.165, 1.54) is 25.7 Å². The van der Waals surface area contributed by atoms with Crippen molar-refractivity contribution in [1.29, 1.82) is 10.5 Å². The monoisotopic (exact) mass is 568 g/mol. The molecule has 6 aromatic carbocycles. The fourth-order valence-corrected chi connectivity index (χ4v) is 8.57. The van der Waals surface area contributed by atoms with Gasteiger partial charge in [-0.15, -0.1) is 22.7 Å². The van der Waals surface area contributed by atoms with Crippen LogP contribution in [0.15, 0.2) is 121 Å². The van der Waals surface area contributed by atoms with Crippen LogP contribution in [0.5, 0.6) is 0 Å². The predicted molar refractivity (Wildman–Crippen MR) is 178 cm³/mol. The topological polar surface area (TPSA) is 47.6 Å². The van der Waals surface area contributed by atoms with Crippen LogP contribution in [0.25, 0.3) is 73.7 Å². The molecule has 0 atom stereocenters. The van der Waals surface area contributed by atoms with Crippen molar-refractivity contribution in [2.45, 2.75) is 0 Å². The van der Waals surface area contributed by atoms with Gasteiger partial charge in [-0.05, 0) is 69.8 Å². The van der Waals surface area contributed by atoms with Crippen molar-refractivity contribution in [2.75, 3.05) is 0 Å². The molecule has 0 aliphatic carbocycles. The van der Waals surface area contributed by atoms with Crippen LogP contribution in [0.2, 0.25) is 0 Å². The van der Waals surface area contributed by atoms with Gasteiger partial charge < -0.3 is 0 Å². The Morgan fingerprint density at radius 3 is 1.60 bits per heavy atom. The van der Waals surface area contributed by atoms with Gasteiger partial charge in [0.2, 0.25) is 0 Å². The molecule has 4 heteroatoms. The molecule has 0 aliphatic rings. The highest BCUT2D eigenvalue weighted by Crippen LogP contribution is 2.45. The molecular formula is C38H20N2S2. The van der Waals surface area contributed by atoms with Gasteiger partial charge in [0.1, 0.15) is 6.07 Å². The zero-order valence-electron chi connectivity index (χ0n) is 22.3. The van der Waals surface area contributed by atoms with Crippen LogP contribution in [-0.4, -0.2) is 0 Å². The second kappa shape index (κ2) is 9.68. The Balaban J connectivity index is 1.45. The van der Waals surface area contributed by atoms with Gasteiger partial charge in [-0.1, -0.05) is 84.9 Å². The molecule has 2 heterocycles. The van der Waals surface area contributed by atoms with E-state index in [2.05, 4.69) is 97.1 Å². The third kappa shape index (κ3) is 3.75. The largest absolute Gasteiger partial charge is 0.192 e. The molecule has 0 radical (unpaired) electrons. The van der Waals surface area contributed by atoms with Gasteiger partial charge in [0.25, 0.3) is 0 Å². The molecule has 0 fully saturated rings. The van der Waals surface area contributed by atoms with Crippen molar-refractivity contribution in [3.8, 4) is 45.5 Å². The molecule has 2 aromatic heterocycles. The van der Waals surface area contributed by atoms with E-state index in [1.807, 2.05) is 47.7 Å². The summed E-state index contributed by atoms with van der Waals surface area (Å²) in [6.07, 6.45) is 0. The lowest BCUT2D eigenvalue weighted by Gasteiger charge is -2.13. The maximum atomic E-state index is 9.97. The van der Waals surface area contributed by atoms with E-state index in [0.29, 0.717) is 11.1 Å². The number of hydrogen-bond acceptors (Lipinski definition) is 4. The molecule has 0 saturated carbocycles. The molecule has 8 aromatic rings. The van der Waals surface area contributed by atoms with E-state index in [9.17, 15) is 10.5 Å². The van der Waals surface area contributed by atoms with Gasteiger partial charge in [0.05, 0.1) is 21.9 Å². The van der Waals surface area contributed by atoms with E-state index in [-0.39, 0.29) is 0 Å². The number of hydrogen-bond donors (Lipinski definition) is 0. The maximum Gasteiger partial charge on any atom is 0.101 e. The van der Waals surface area contributed by atoms with Gasteiger partial charge in [-0.2, -0.15) is 10.5 Å². The van der Waals surface area contributed by atoms with Gasteiger partial charge in [-0.25, -0.2) is 0 Å². The SMILES string of the molecule is N#Cc1ccccc1-c1cc(-c2cccc3c2sc2ccccc23)cc(-c2cccc3c2sc2c(C#N)cccc23)c1. The zero-order valence-corrected chi connectivity index (χ0v) is 23.9. The summed E-state index contributed by atoms with van der Waals surface area (Å²) < 4.78 is 4.71. The average molecular weight is 569 g/mol. The first-order valence-electron chi connectivity index (χ1n) is 13.6. The summed E-state index contributed by atoms with van der Waals surface area (Å²) in [6, 6.07) is 46.8. The molecule has 0 unspecified atom stereocenters. The molecule has 2 nitrogen and oxygen atoms in total. The lowest BCUT2D eigenvalue weighted by atomic mass is 9.91. The molecule has 0 bridgehead atoms. The summed E-state index contributed by atoms with van der Waals surface area (Å²) in [5.41, 5.74) is 7.79. The molecular weight excluding hydrogens is 549 g/mol. The van der Waals surface area contributed by atoms with Gasteiger partial charge in [0, 0.05) is 35.6 Å². The van der Waals surface area contributed by atoms with Crippen LogP contribution in [0.4, 0.5) is 0 Å².